The Morgan fingerprint density at radius 1 is 1.35 bits per heavy atom. The van der Waals surface area contributed by atoms with E-state index in [9.17, 15) is 14.4 Å². The molecule has 0 radical (unpaired) electrons. The normalized spacial score (nSPS) is 21.6. The Morgan fingerprint density at radius 3 is 2.70 bits per heavy atom. The van der Waals surface area contributed by atoms with E-state index in [1.165, 1.54) is 0 Å². The topological polar surface area (TPSA) is 69.7 Å². The number of urea groups is 1. The van der Waals surface area contributed by atoms with Crippen molar-refractivity contribution in [3.8, 4) is 0 Å². The van der Waals surface area contributed by atoms with Gasteiger partial charge in [-0.05, 0) is 37.5 Å². The molecule has 2 saturated heterocycles. The fourth-order valence-electron chi connectivity index (χ4n) is 3.09. The van der Waals surface area contributed by atoms with Crippen LogP contribution in [0.15, 0.2) is 24.3 Å². The Hall–Kier alpha value is -2.08. The van der Waals surface area contributed by atoms with E-state index in [0.29, 0.717) is 18.0 Å². The molecule has 1 aromatic rings. The summed E-state index contributed by atoms with van der Waals surface area (Å²) in [6, 6.07) is 6.21. The molecular weight excluding hydrogens is 318 g/mol. The standard InChI is InChI=1S/C16H18ClN3O3/c1-10(11-4-6-12(17)7-5-11)18-14(21)9-20-15(22)13-3-2-8-19(13)16(20)23/h4-7,10,13H,2-3,8-9H2,1H3,(H,18,21). The Bertz CT molecular complexity index is 624. The maximum Gasteiger partial charge on any atom is 0.327 e. The highest BCUT2D eigenvalue weighted by molar-refractivity contribution is 6.30. The van der Waals surface area contributed by atoms with Gasteiger partial charge in [0.05, 0.1) is 6.04 Å². The van der Waals surface area contributed by atoms with Gasteiger partial charge in [-0.25, -0.2) is 4.79 Å². The lowest BCUT2D eigenvalue weighted by Crippen LogP contribution is -2.42. The third-order valence-electron chi connectivity index (χ3n) is 4.33. The van der Waals surface area contributed by atoms with Gasteiger partial charge in [0, 0.05) is 11.6 Å². The van der Waals surface area contributed by atoms with Gasteiger partial charge in [-0.1, -0.05) is 23.7 Å². The number of carbonyl (C=O) groups excluding carboxylic acids is 3. The Morgan fingerprint density at radius 2 is 2.04 bits per heavy atom. The Labute approximate surface area is 139 Å². The van der Waals surface area contributed by atoms with Crippen LogP contribution >= 0.6 is 11.6 Å². The lowest BCUT2D eigenvalue weighted by molar-refractivity contribution is -0.132. The third kappa shape index (κ3) is 3.03. The van der Waals surface area contributed by atoms with Crippen molar-refractivity contribution in [2.75, 3.05) is 13.1 Å². The first-order valence-corrected chi connectivity index (χ1v) is 8.02. The number of hydrogen-bond acceptors (Lipinski definition) is 3. The van der Waals surface area contributed by atoms with Crippen molar-refractivity contribution in [2.24, 2.45) is 0 Å². The second kappa shape index (κ2) is 6.20. The molecule has 7 heteroatoms. The molecule has 1 aromatic carbocycles. The molecule has 0 spiro atoms. The minimum absolute atomic E-state index is 0.229. The first-order valence-electron chi connectivity index (χ1n) is 7.64. The number of amides is 4. The monoisotopic (exact) mass is 335 g/mol. The molecule has 2 atom stereocenters. The average molecular weight is 336 g/mol. The summed E-state index contributed by atoms with van der Waals surface area (Å²) in [6.07, 6.45) is 1.53. The van der Waals surface area contributed by atoms with Crippen molar-refractivity contribution in [1.29, 1.82) is 0 Å². The number of rotatable bonds is 4. The molecule has 2 aliphatic heterocycles. The summed E-state index contributed by atoms with van der Waals surface area (Å²) < 4.78 is 0. The van der Waals surface area contributed by atoms with Crippen molar-refractivity contribution in [1.82, 2.24) is 15.1 Å². The number of nitrogens with one attached hydrogen (secondary N) is 1. The van der Waals surface area contributed by atoms with Crippen LogP contribution in [0.5, 0.6) is 0 Å². The minimum atomic E-state index is -0.371. The number of halogens is 1. The van der Waals surface area contributed by atoms with E-state index in [1.54, 1.807) is 17.0 Å². The number of hydrogen-bond donors (Lipinski definition) is 1. The molecule has 0 saturated carbocycles. The van der Waals surface area contributed by atoms with Crippen LogP contribution in [-0.2, 0) is 9.59 Å². The molecule has 1 N–H and O–H groups in total. The molecular formula is C16H18ClN3O3. The van der Waals surface area contributed by atoms with Crippen LogP contribution in [0.1, 0.15) is 31.4 Å². The summed E-state index contributed by atoms with van der Waals surface area (Å²) in [5, 5.41) is 3.43. The van der Waals surface area contributed by atoms with Crippen molar-refractivity contribution in [3.05, 3.63) is 34.9 Å². The highest BCUT2D eigenvalue weighted by atomic mass is 35.5. The molecule has 2 aliphatic rings. The van der Waals surface area contributed by atoms with Crippen LogP contribution < -0.4 is 5.32 Å². The van der Waals surface area contributed by atoms with Crippen molar-refractivity contribution in [3.63, 3.8) is 0 Å². The number of nitrogens with zero attached hydrogens (tertiary/aromatic N) is 2. The second-order valence-electron chi connectivity index (χ2n) is 5.90. The van der Waals surface area contributed by atoms with Crippen molar-refractivity contribution in [2.45, 2.75) is 31.8 Å². The second-order valence-corrected chi connectivity index (χ2v) is 6.34. The molecule has 2 heterocycles. The fraction of sp³-hybridized carbons (Fsp3) is 0.438. The Kier molecular flexibility index (Phi) is 4.26. The van der Waals surface area contributed by atoms with Gasteiger partial charge in [0.15, 0.2) is 0 Å². The van der Waals surface area contributed by atoms with Crippen LogP contribution in [0, 0.1) is 0 Å². The smallest absolute Gasteiger partial charge is 0.327 e. The fourth-order valence-corrected chi connectivity index (χ4v) is 3.22. The molecule has 2 unspecified atom stereocenters. The molecule has 23 heavy (non-hydrogen) atoms. The zero-order valence-corrected chi connectivity index (χ0v) is 13.5. The van der Waals surface area contributed by atoms with Gasteiger partial charge in [-0.3, -0.25) is 14.5 Å². The van der Waals surface area contributed by atoms with Crippen molar-refractivity contribution >= 4 is 29.4 Å². The molecule has 0 bridgehead atoms. The summed E-state index contributed by atoms with van der Waals surface area (Å²) in [4.78, 5) is 39.1. The first-order chi connectivity index (χ1) is 11.0. The summed E-state index contributed by atoms with van der Waals surface area (Å²) in [7, 11) is 0. The van der Waals surface area contributed by atoms with Crippen LogP contribution in [0.25, 0.3) is 0 Å². The van der Waals surface area contributed by atoms with Crippen LogP contribution in [0.2, 0.25) is 5.02 Å². The predicted molar refractivity (Wildman–Crippen MR) is 84.8 cm³/mol. The van der Waals surface area contributed by atoms with Gasteiger partial charge in [0.25, 0.3) is 5.91 Å². The number of imide groups is 1. The summed E-state index contributed by atoms with van der Waals surface area (Å²) in [6.45, 7) is 2.20. The maximum atomic E-state index is 12.2. The van der Waals surface area contributed by atoms with E-state index in [2.05, 4.69) is 5.32 Å². The van der Waals surface area contributed by atoms with Crippen LogP contribution in [0.3, 0.4) is 0 Å². The largest absolute Gasteiger partial charge is 0.348 e. The van der Waals surface area contributed by atoms with E-state index >= 15 is 0 Å². The zero-order valence-electron chi connectivity index (χ0n) is 12.8. The van der Waals surface area contributed by atoms with E-state index in [0.717, 1.165) is 16.9 Å². The maximum absolute atomic E-state index is 12.2. The minimum Gasteiger partial charge on any atom is -0.348 e. The molecule has 3 rings (SSSR count). The molecule has 0 aliphatic carbocycles. The summed E-state index contributed by atoms with van der Waals surface area (Å²) in [5.74, 6) is -0.614. The average Bonchev–Trinajstić information content (AvgIpc) is 3.08. The lowest BCUT2D eigenvalue weighted by atomic mass is 10.1. The number of benzene rings is 1. The summed E-state index contributed by atoms with van der Waals surface area (Å²) in [5.41, 5.74) is 0.905. The lowest BCUT2D eigenvalue weighted by Gasteiger charge is -2.18. The van der Waals surface area contributed by atoms with Gasteiger partial charge in [-0.15, -0.1) is 0 Å². The quantitative estimate of drug-likeness (QED) is 0.855. The molecule has 4 amide bonds. The summed E-state index contributed by atoms with van der Waals surface area (Å²) >= 11 is 5.84. The van der Waals surface area contributed by atoms with Crippen LogP contribution in [0.4, 0.5) is 4.79 Å². The van der Waals surface area contributed by atoms with Gasteiger partial charge in [0.2, 0.25) is 5.91 Å². The van der Waals surface area contributed by atoms with Gasteiger partial charge in [0.1, 0.15) is 12.6 Å². The highest BCUT2D eigenvalue weighted by Crippen LogP contribution is 2.27. The molecule has 6 nitrogen and oxygen atoms in total. The van der Waals surface area contributed by atoms with Gasteiger partial charge in [-0.2, -0.15) is 0 Å². The van der Waals surface area contributed by atoms with E-state index in [-0.39, 0.29) is 36.5 Å². The molecule has 2 fully saturated rings. The van der Waals surface area contributed by atoms with Gasteiger partial charge < -0.3 is 10.2 Å². The zero-order chi connectivity index (χ0) is 16.6. The van der Waals surface area contributed by atoms with Crippen LogP contribution in [-0.4, -0.2) is 46.8 Å². The number of carbonyl (C=O) groups is 3. The van der Waals surface area contributed by atoms with Gasteiger partial charge >= 0.3 is 6.03 Å². The SMILES string of the molecule is CC(NC(=O)CN1C(=O)C2CCCN2C1=O)c1ccc(Cl)cc1. The highest BCUT2D eigenvalue weighted by Gasteiger charge is 2.47. The van der Waals surface area contributed by atoms with Crippen molar-refractivity contribution < 1.29 is 14.4 Å². The Balaban J connectivity index is 1.60. The number of fused-ring (bicyclic) bond motifs is 1. The van der Waals surface area contributed by atoms with E-state index < -0.39 is 0 Å². The van der Waals surface area contributed by atoms with E-state index in [1.807, 2.05) is 19.1 Å². The first kappa shape index (κ1) is 15.8. The molecule has 0 aromatic heterocycles. The predicted octanol–water partition coefficient (Wildman–Crippen LogP) is 1.94. The molecule has 122 valence electrons. The third-order valence-corrected chi connectivity index (χ3v) is 4.58. The van der Waals surface area contributed by atoms with E-state index in [4.69, 9.17) is 11.6 Å².